The van der Waals surface area contributed by atoms with Gasteiger partial charge >= 0.3 is 0 Å². The van der Waals surface area contributed by atoms with Crippen molar-refractivity contribution in [1.82, 2.24) is 5.32 Å². The van der Waals surface area contributed by atoms with Crippen LogP contribution >= 0.6 is 0 Å². The molecule has 3 nitrogen and oxygen atoms in total. The molecule has 1 N–H and O–H groups in total. The van der Waals surface area contributed by atoms with Crippen molar-refractivity contribution in [2.24, 2.45) is 0 Å². The maximum atomic E-state index is 5.78. The molecule has 1 aromatic rings. The van der Waals surface area contributed by atoms with Crippen molar-refractivity contribution >= 4 is 0 Å². The van der Waals surface area contributed by atoms with Gasteiger partial charge in [-0.1, -0.05) is 12.1 Å². The van der Waals surface area contributed by atoms with Crippen molar-refractivity contribution in [3.05, 3.63) is 29.8 Å². The minimum Gasteiger partial charge on any atom is -0.491 e. The predicted octanol–water partition coefficient (Wildman–Crippen LogP) is 2.78. The summed E-state index contributed by atoms with van der Waals surface area (Å²) in [5.41, 5.74) is 1.33. The number of hydrogen-bond donors (Lipinski definition) is 1. The Balaban J connectivity index is 1.78. The molecule has 0 aliphatic carbocycles. The van der Waals surface area contributed by atoms with Crippen LogP contribution in [0.4, 0.5) is 0 Å². The van der Waals surface area contributed by atoms with Crippen molar-refractivity contribution in [2.45, 2.75) is 51.4 Å². The van der Waals surface area contributed by atoms with Gasteiger partial charge in [-0.2, -0.15) is 0 Å². The van der Waals surface area contributed by atoms with Crippen LogP contribution in [0, 0.1) is 0 Å². The van der Waals surface area contributed by atoms with Gasteiger partial charge in [0, 0.05) is 6.04 Å². The summed E-state index contributed by atoms with van der Waals surface area (Å²) in [5.74, 6) is 0.934. The highest BCUT2D eigenvalue weighted by Gasteiger charge is 2.22. The van der Waals surface area contributed by atoms with Gasteiger partial charge in [0.1, 0.15) is 12.4 Å². The van der Waals surface area contributed by atoms with Gasteiger partial charge in [-0.3, -0.25) is 0 Å². The molecule has 3 heteroatoms. The van der Waals surface area contributed by atoms with Gasteiger partial charge in [0.15, 0.2) is 0 Å². The van der Waals surface area contributed by atoms with Gasteiger partial charge in [-0.15, -0.1) is 0 Å². The van der Waals surface area contributed by atoms with Crippen LogP contribution in [0.2, 0.25) is 0 Å². The van der Waals surface area contributed by atoms with E-state index in [9.17, 15) is 0 Å². The van der Waals surface area contributed by atoms with Gasteiger partial charge in [-0.25, -0.2) is 0 Å². The highest BCUT2D eigenvalue weighted by Crippen LogP contribution is 2.20. The SMILES string of the molecule is CNC(C)Cc1ccc(OCC2CCC(C)O2)cc1. The lowest BCUT2D eigenvalue weighted by Gasteiger charge is -2.14. The lowest BCUT2D eigenvalue weighted by molar-refractivity contribution is 0.0264. The van der Waals surface area contributed by atoms with E-state index in [1.165, 1.54) is 5.56 Å². The Bertz CT molecular complexity index is 377. The number of hydrogen-bond acceptors (Lipinski definition) is 3. The Labute approximate surface area is 116 Å². The molecule has 0 radical (unpaired) electrons. The van der Waals surface area contributed by atoms with Crippen molar-refractivity contribution < 1.29 is 9.47 Å². The molecule has 1 aromatic carbocycles. The van der Waals surface area contributed by atoms with Gasteiger partial charge in [0.05, 0.1) is 12.2 Å². The Morgan fingerprint density at radius 3 is 2.63 bits per heavy atom. The molecule has 0 spiro atoms. The fourth-order valence-electron chi connectivity index (χ4n) is 2.37. The molecule has 0 amide bonds. The van der Waals surface area contributed by atoms with Crippen LogP contribution in [0.1, 0.15) is 32.3 Å². The zero-order valence-electron chi connectivity index (χ0n) is 12.2. The topological polar surface area (TPSA) is 30.5 Å². The molecule has 3 unspecified atom stereocenters. The van der Waals surface area contributed by atoms with Crippen LogP contribution in [0.15, 0.2) is 24.3 Å². The molecule has 1 aliphatic rings. The number of likely N-dealkylation sites (N-methyl/N-ethyl adjacent to an activating group) is 1. The van der Waals surface area contributed by atoms with E-state index in [1.54, 1.807) is 0 Å². The Hall–Kier alpha value is -1.06. The summed E-state index contributed by atoms with van der Waals surface area (Å²) in [6.07, 6.45) is 3.95. The van der Waals surface area contributed by atoms with Crippen molar-refractivity contribution in [1.29, 1.82) is 0 Å². The van der Waals surface area contributed by atoms with Crippen LogP contribution in [0.5, 0.6) is 5.75 Å². The third-order valence-electron chi connectivity index (χ3n) is 3.71. The van der Waals surface area contributed by atoms with Crippen LogP contribution in [-0.4, -0.2) is 31.9 Å². The quantitative estimate of drug-likeness (QED) is 0.856. The van der Waals surface area contributed by atoms with E-state index in [4.69, 9.17) is 9.47 Å². The summed E-state index contributed by atoms with van der Waals surface area (Å²) in [7, 11) is 1.99. The third kappa shape index (κ3) is 4.51. The molecule has 1 aliphatic heterocycles. The van der Waals surface area contributed by atoms with Gasteiger partial charge in [0.2, 0.25) is 0 Å². The van der Waals surface area contributed by atoms with E-state index in [-0.39, 0.29) is 6.10 Å². The Kier molecular flexibility index (Phi) is 5.23. The molecule has 1 heterocycles. The number of rotatable bonds is 6. The molecule has 0 saturated carbocycles. The van der Waals surface area contributed by atoms with E-state index in [2.05, 4.69) is 43.4 Å². The van der Waals surface area contributed by atoms with Crippen molar-refractivity contribution in [2.75, 3.05) is 13.7 Å². The molecule has 0 bridgehead atoms. The van der Waals surface area contributed by atoms with Crippen molar-refractivity contribution in [3.63, 3.8) is 0 Å². The van der Waals surface area contributed by atoms with E-state index >= 15 is 0 Å². The molecule has 106 valence electrons. The molecular weight excluding hydrogens is 238 g/mol. The van der Waals surface area contributed by atoms with Gasteiger partial charge in [-0.05, 0) is 57.9 Å². The summed E-state index contributed by atoms with van der Waals surface area (Å²) in [6, 6.07) is 8.88. The number of ether oxygens (including phenoxy) is 2. The van der Waals surface area contributed by atoms with Crippen LogP contribution in [-0.2, 0) is 11.2 Å². The maximum Gasteiger partial charge on any atom is 0.119 e. The van der Waals surface area contributed by atoms with Crippen LogP contribution < -0.4 is 10.1 Å². The smallest absolute Gasteiger partial charge is 0.119 e. The molecule has 1 saturated heterocycles. The number of nitrogens with one attached hydrogen (secondary N) is 1. The van der Waals surface area contributed by atoms with Crippen molar-refractivity contribution in [3.8, 4) is 5.75 Å². The minimum absolute atomic E-state index is 0.263. The predicted molar refractivity (Wildman–Crippen MR) is 77.7 cm³/mol. The Morgan fingerprint density at radius 2 is 2.05 bits per heavy atom. The zero-order valence-corrected chi connectivity index (χ0v) is 12.2. The lowest BCUT2D eigenvalue weighted by Crippen LogP contribution is -2.23. The standard InChI is InChI=1S/C16H25NO2/c1-12(17-3)10-14-5-8-15(9-6-14)18-11-16-7-4-13(2)19-16/h5-6,8-9,12-13,16-17H,4,7,10-11H2,1-3H3. The maximum absolute atomic E-state index is 5.78. The zero-order chi connectivity index (χ0) is 13.7. The molecule has 1 fully saturated rings. The largest absolute Gasteiger partial charge is 0.491 e. The molecule has 2 rings (SSSR count). The first-order valence-corrected chi connectivity index (χ1v) is 7.22. The minimum atomic E-state index is 0.263. The second-order valence-corrected chi connectivity index (χ2v) is 5.49. The molecular formula is C16H25NO2. The second-order valence-electron chi connectivity index (χ2n) is 5.49. The average molecular weight is 263 g/mol. The second kappa shape index (κ2) is 6.92. The monoisotopic (exact) mass is 263 g/mol. The Morgan fingerprint density at radius 1 is 1.32 bits per heavy atom. The summed E-state index contributed by atoms with van der Waals surface area (Å²) < 4.78 is 11.5. The molecule has 0 aromatic heterocycles. The fourth-order valence-corrected chi connectivity index (χ4v) is 2.37. The van der Waals surface area contributed by atoms with Gasteiger partial charge < -0.3 is 14.8 Å². The molecule has 19 heavy (non-hydrogen) atoms. The highest BCUT2D eigenvalue weighted by molar-refractivity contribution is 5.27. The molecule has 3 atom stereocenters. The summed E-state index contributed by atoms with van der Waals surface area (Å²) in [5, 5.41) is 3.25. The summed E-state index contributed by atoms with van der Waals surface area (Å²) >= 11 is 0. The van der Waals surface area contributed by atoms with E-state index in [0.29, 0.717) is 18.8 Å². The first-order valence-electron chi connectivity index (χ1n) is 7.22. The van der Waals surface area contributed by atoms with Crippen LogP contribution in [0.3, 0.4) is 0 Å². The summed E-state index contributed by atoms with van der Waals surface area (Å²) in [6.45, 7) is 4.97. The van der Waals surface area contributed by atoms with E-state index < -0.39 is 0 Å². The lowest BCUT2D eigenvalue weighted by atomic mass is 10.1. The number of benzene rings is 1. The van der Waals surface area contributed by atoms with E-state index in [0.717, 1.165) is 25.0 Å². The first-order chi connectivity index (χ1) is 9.17. The summed E-state index contributed by atoms with van der Waals surface area (Å²) in [4.78, 5) is 0. The third-order valence-corrected chi connectivity index (χ3v) is 3.71. The van der Waals surface area contributed by atoms with Gasteiger partial charge in [0.25, 0.3) is 0 Å². The normalized spacial score (nSPS) is 24.4. The fraction of sp³-hybridized carbons (Fsp3) is 0.625. The highest BCUT2D eigenvalue weighted by atomic mass is 16.5. The average Bonchev–Trinajstić information content (AvgIpc) is 2.83. The first kappa shape index (κ1) is 14.4. The van der Waals surface area contributed by atoms with Crippen LogP contribution in [0.25, 0.3) is 0 Å². The van der Waals surface area contributed by atoms with E-state index in [1.807, 2.05) is 7.05 Å².